The molecule has 7 nitrogen and oxygen atoms in total. The van der Waals surface area contributed by atoms with E-state index in [0.29, 0.717) is 31.1 Å². The number of anilines is 1. The Bertz CT molecular complexity index is 1260. The van der Waals surface area contributed by atoms with Gasteiger partial charge in [-0.3, -0.25) is 0 Å². The second-order valence-corrected chi connectivity index (χ2v) is 9.11. The lowest BCUT2D eigenvalue weighted by molar-refractivity contribution is 0.384. The monoisotopic (exact) mass is 419 g/mol. The van der Waals surface area contributed by atoms with Crippen molar-refractivity contribution in [3.8, 4) is 5.82 Å². The highest BCUT2D eigenvalue weighted by Gasteiger charge is 2.30. The lowest BCUT2D eigenvalue weighted by atomic mass is 10.1. The number of fused-ring (bicyclic) bond motifs is 1. The predicted molar refractivity (Wildman–Crippen MR) is 116 cm³/mol. The Hall–Kier alpha value is -3.23. The van der Waals surface area contributed by atoms with Crippen LogP contribution in [0, 0.1) is 0 Å². The van der Waals surface area contributed by atoms with Gasteiger partial charge in [0.1, 0.15) is 0 Å². The maximum Gasteiger partial charge on any atom is 0.243 e. The Kier molecular flexibility index (Phi) is 4.72. The molecule has 4 aromatic rings. The van der Waals surface area contributed by atoms with Gasteiger partial charge < -0.3 is 9.47 Å². The highest BCUT2D eigenvalue weighted by molar-refractivity contribution is 7.89. The molecule has 0 amide bonds. The molecule has 1 saturated heterocycles. The van der Waals surface area contributed by atoms with Gasteiger partial charge in [-0.2, -0.15) is 4.31 Å². The number of sulfonamides is 1. The van der Waals surface area contributed by atoms with Crippen molar-refractivity contribution < 1.29 is 8.42 Å². The molecule has 1 aliphatic rings. The molecule has 0 atom stereocenters. The topological polar surface area (TPSA) is 71.3 Å². The Labute approximate surface area is 175 Å². The molecule has 30 heavy (non-hydrogen) atoms. The van der Waals surface area contributed by atoms with Crippen LogP contribution in [0.25, 0.3) is 16.6 Å². The van der Waals surface area contributed by atoms with Crippen LogP contribution < -0.4 is 4.90 Å². The third-order valence-electron chi connectivity index (χ3n) is 5.44. The summed E-state index contributed by atoms with van der Waals surface area (Å²) in [6.45, 7) is 1.96. The molecule has 5 rings (SSSR count). The summed E-state index contributed by atoms with van der Waals surface area (Å²) in [6.07, 6.45) is 3.83. The minimum atomic E-state index is -3.56. The van der Waals surface area contributed by atoms with Crippen molar-refractivity contribution in [2.24, 2.45) is 0 Å². The van der Waals surface area contributed by atoms with Gasteiger partial charge in [0.15, 0.2) is 11.6 Å². The molecule has 0 saturated carbocycles. The van der Waals surface area contributed by atoms with E-state index in [0.717, 1.165) is 22.4 Å². The van der Waals surface area contributed by atoms with Crippen molar-refractivity contribution in [2.45, 2.75) is 4.90 Å². The number of aromatic nitrogens is 3. The Balaban J connectivity index is 1.33. The molecular weight excluding hydrogens is 398 g/mol. The van der Waals surface area contributed by atoms with Crippen LogP contribution in [0.4, 0.5) is 5.82 Å². The number of rotatable bonds is 4. The molecule has 0 radical (unpaired) electrons. The molecule has 0 aliphatic carbocycles. The van der Waals surface area contributed by atoms with Crippen LogP contribution in [-0.4, -0.2) is 53.7 Å². The third kappa shape index (κ3) is 3.34. The zero-order valence-corrected chi connectivity index (χ0v) is 17.1. The van der Waals surface area contributed by atoms with Gasteiger partial charge in [0, 0.05) is 44.0 Å². The average Bonchev–Trinajstić information content (AvgIpc) is 3.34. The molecule has 2 aromatic heterocycles. The van der Waals surface area contributed by atoms with E-state index >= 15 is 0 Å². The molecule has 1 fully saturated rings. The summed E-state index contributed by atoms with van der Waals surface area (Å²) in [5.74, 6) is 1.51. The fourth-order valence-corrected chi connectivity index (χ4v) is 5.47. The molecule has 2 aromatic carbocycles. The lowest BCUT2D eigenvalue weighted by Gasteiger charge is -2.34. The smallest absolute Gasteiger partial charge is 0.243 e. The van der Waals surface area contributed by atoms with Gasteiger partial charge in [-0.05, 0) is 35.7 Å². The zero-order valence-electron chi connectivity index (χ0n) is 16.3. The van der Waals surface area contributed by atoms with E-state index in [1.165, 1.54) is 0 Å². The Morgan fingerprint density at radius 1 is 0.700 bits per heavy atom. The van der Waals surface area contributed by atoms with Crippen LogP contribution in [0.15, 0.2) is 84.0 Å². The van der Waals surface area contributed by atoms with Crippen molar-refractivity contribution in [2.75, 3.05) is 31.1 Å². The summed E-state index contributed by atoms with van der Waals surface area (Å²) < 4.78 is 30.1. The largest absolute Gasteiger partial charge is 0.352 e. The first-order valence-corrected chi connectivity index (χ1v) is 11.3. The van der Waals surface area contributed by atoms with E-state index in [9.17, 15) is 8.42 Å². The van der Waals surface area contributed by atoms with Gasteiger partial charge in [0.2, 0.25) is 10.0 Å². The van der Waals surface area contributed by atoms with Crippen molar-refractivity contribution in [1.82, 2.24) is 19.1 Å². The van der Waals surface area contributed by atoms with Gasteiger partial charge in [-0.1, -0.05) is 36.4 Å². The molecule has 3 heterocycles. The first-order valence-electron chi connectivity index (χ1n) is 9.83. The van der Waals surface area contributed by atoms with Crippen LogP contribution in [-0.2, 0) is 10.0 Å². The summed E-state index contributed by atoms with van der Waals surface area (Å²) in [5, 5.41) is 10.3. The molecule has 0 spiro atoms. The van der Waals surface area contributed by atoms with Gasteiger partial charge in [0.25, 0.3) is 0 Å². The zero-order chi connectivity index (χ0) is 20.6. The second-order valence-electron chi connectivity index (χ2n) is 7.21. The maximum absolute atomic E-state index is 13.3. The maximum atomic E-state index is 13.3. The van der Waals surface area contributed by atoms with Gasteiger partial charge in [-0.15, -0.1) is 10.2 Å². The number of benzene rings is 2. The van der Waals surface area contributed by atoms with Crippen LogP contribution >= 0.6 is 0 Å². The quantitative estimate of drug-likeness (QED) is 0.509. The first-order chi connectivity index (χ1) is 14.6. The number of hydrogen-bond acceptors (Lipinski definition) is 5. The Morgan fingerprint density at radius 2 is 1.37 bits per heavy atom. The van der Waals surface area contributed by atoms with Crippen LogP contribution in [0.1, 0.15) is 0 Å². The normalized spacial score (nSPS) is 15.5. The average molecular weight is 420 g/mol. The Morgan fingerprint density at radius 3 is 2.10 bits per heavy atom. The van der Waals surface area contributed by atoms with E-state index in [1.807, 2.05) is 71.6 Å². The second kappa shape index (κ2) is 7.55. The highest BCUT2D eigenvalue weighted by atomic mass is 32.2. The molecular formula is C22H21N5O2S. The molecule has 8 heteroatoms. The number of piperazine rings is 1. The van der Waals surface area contributed by atoms with Crippen molar-refractivity contribution in [3.05, 3.63) is 79.1 Å². The number of nitrogens with zero attached hydrogens (tertiary/aromatic N) is 5. The molecule has 1 aliphatic heterocycles. The van der Waals surface area contributed by atoms with Gasteiger partial charge in [-0.25, -0.2) is 8.42 Å². The summed E-state index contributed by atoms with van der Waals surface area (Å²) in [5.41, 5.74) is 0. The summed E-state index contributed by atoms with van der Waals surface area (Å²) in [4.78, 5) is 2.44. The SMILES string of the molecule is O=S(=O)(c1cccc2ccccc12)N1CCN(c2ccc(-n3cccc3)nn2)CC1. The van der Waals surface area contributed by atoms with Crippen molar-refractivity contribution in [1.29, 1.82) is 0 Å². The highest BCUT2D eigenvalue weighted by Crippen LogP contribution is 2.27. The van der Waals surface area contributed by atoms with Crippen molar-refractivity contribution >= 4 is 26.6 Å². The molecule has 0 unspecified atom stereocenters. The minimum Gasteiger partial charge on any atom is -0.352 e. The van der Waals surface area contributed by atoms with Crippen LogP contribution in [0.2, 0.25) is 0 Å². The lowest BCUT2D eigenvalue weighted by Crippen LogP contribution is -2.49. The summed E-state index contributed by atoms with van der Waals surface area (Å²) in [6, 6.07) is 20.7. The molecule has 0 N–H and O–H groups in total. The minimum absolute atomic E-state index is 0.366. The number of hydrogen-bond donors (Lipinski definition) is 0. The third-order valence-corrected chi connectivity index (χ3v) is 7.39. The van der Waals surface area contributed by atoms with E-state index < -0.39 is 10.0 Å². The fourth-order valence-electron chi connectivity index (χ4n) is 3.83. The standard InChI is InChI=1S/C22H21N5O2S/c28-30(29,20-9-5-7-18-6-1-2-8-19(18)20)27-16-14-26(15-17-27)22-11-10-21(23-24-22)25-12-3-4-13-25/h1-13H,14-17H2. The van der Waals surface area contributed by atoms with E-state index in [-0.39, 0.29) is 0 Å². The molecule has 152 valence electrons. The van der Waals surface area contributed by atoms with Crippen LogP contribution in [0.5, 0.6) is 0 Å². The van der Waals surface area contributed by atoms with E-state index in [2.05, 4.69) is 15.1 Å². The van der Waals surface area contributed by atoms with Gasteiger partial charge in [0.05, 0.1) is 4.90 Å². The predicted octanol–water partition coefficient (Wildman–Crippen LogP) is 2.93. The van der Waals surface area contributed by atoms with Crippen molar-refractivity contribution in [3.63, 3.8) is 0 Å². The van der Waals surface area contributed by atoms with Crippen LogP contribution in [0.3, 0.4) is 0 Å². The fraction of sp³-hybridized carbons (Fsp3) is 0.182. The van der Waals surface area contributed by atoms with E-state index in [1.54, 1.807) is 16.4 Å². The van der Waals surface area contributed by atoms with E-state index in [4.69, 9.17) is 0 Å². The van der Waals surface area contributed by atoms with Gasteiger partial charge >= 0.3 is 0 Å². The first kappa shape index (κ1) is 18.8. The summed E-state index contributed by atoms with van der Waals surface area (Å²) in [7, 11) is -3.56. The molecule has 0 bridgehead atoms. The summed E-state index contributed by atoms with van der Waals surface area (Å²) >= 11 is 0.